The van der Waals surface area contributed by atoms with E-state index >= 15 is 0 Å². The minimum absolute atomic E-state index is 0.187. The molecule has 3 rings (SSSR count). The Labute approximate surface area is 186 Å². The van der Waals surface area contributed by atoms with E-state index < -0.39 is 56.5 Å². The first kappa shape index (κ1) is 23.7. The summed E-state index contributed by atoms with van der Waals surface area (Å²) in [5.74, 6) is -2.08. The van der Waals surface area contributed by atoms with Crippen molar-refractivity contribution < 1.29 is 35.9 Å². The fraction of sp³-hybridized carbons (Fsp3) is 0.100. The molecule has 1 aliphatic rings. The molecule has 0 saturated heterocycles. The third-order valence-corrected chi connectivity index (χ3v) is 4.93. The van der Waals surface area contributed by atoms with E-state index in [9.17, 15) is 35.9 Å². The number of anilines is 2. The molecule has 0 fully saturated rings. The summed E-state index contributed by atoms with van der Waals surface area (Å²) >= 11 is 11.9. The quantitative estimate of drug-likeness (QED) is 0.386. The van der Waals surface area contributed by atoms with Crippen molar-refractivity contribution in [3.63, 3.8) is 0 Å². The Hall–Kier alpha value is -2.98. The van der Waals surface area contributed by atoms with Gasteiger partial charge >= 0.3 is 12.4 Å². The number of rotatable bonds is 4. The zero-order valence-corrected chi connectivity index (χ0v) is 17.0. The van der Waals surface area contributed by atoms with Crippen LogP contribution in [0, 0.1) is 0 Å². The van der Waals surface area contributed by atoms with Crippen LogP contribution in [0.1, 0.15) is 11.1 Å². The summed E-state index contributed by atoms with van der Waals surface area (Å²) in [7, 11) is 0. The number of hydrogen-bond donors (Lipinski definition) is 2. The summed E-state index contributed by atoms with van der Waals surface area (Å²) in [6.45, 7) is 0. The minimum atomic E-state index is -4.65. The van der Waals surface area contributed by atoms with E-state index in [0.717, 1.165) is 24.3 Å². The maximum atomic E-state index is 12.9. The molecule has 2 aromatic rings. The summed E-state index contributed by atoms with van der Waals surface area (Å²) in [6.07, 6.45) is -9.30. The zero-order valence-electron chi connectivity index (χ0n) is 15.5. The highest BCUT2D eigenvalue weighted by molar-refractivity contribution is 6.56. The van der Waals surface area contributed by atoms with Crippen molar-refractivity contribution in [1.82, 2.24) is 0 Å². The summed E-state index contributed by atoms with van der Waals surface area (Å²) in [6, 6.07) is 7.57. The van der Waals surface area contributed by atoms with Gasteiger partial charge in [-0.1, -0.05) is 35.3 Å². The molecule has 0 spiro atoms. The number of Topliss-reactive ketones (excluding diaryl/α,β-unsaturated/α-hetero) is 2. The van der Waals surface area contributed by atoms with Crippen LogP contribution in [0.4, 0.5) is 37.7 Å². The van der Waals surface area contributed by atoms with Gasteiger partial charge in [-0.05, 0) is 36.4 Å². The number of alkyl halides is 6. The second-order valence-corrected chi connectivity index (χ2v) is 7.20. The Bertz CT molecular complexity index is 1080. The molecule has 0 amide bonds. The number of allylic oxidation sites excluding steroid dienone is 2. The average molecular weight is 495 g/mol. The standard InChI is InChI=1S/C20H10Cl2F6N2O2/c21-13-15(29-11-5-1-3-9(7-11)19(23,24)25)17(31)14(22)16(18(13)32)30-12-6-2-4-10(8-12)20(26,27)28/h1-8,29-30H. The molecular weight excluding hydrogens is 485 g/mol. The smallest absolute Gasteiger partial charge is 0.351 e. The molecule has 0 saturated carbocycles. The molecule has 4 nitrogen and oxygen atoms in total. The summed E-state index contributed by atoms with van der Waals surface area (Å²) in [5, 5.41) is 3.29. The highest BCUT2D eigenvalue weighted by Crippen LogP contribution is 2.35. The van der Waals surface area contributed by atoms with E-state index in [4.69, 9.17) is 23.2 Å². The Morgan fingerprint density at radius 1 is 0.625 bits per heavy atom. The third kappa shape index (κ3) is 4.91. The maximum Gasteiger partial charge on any atom is 0.416 e. The predicted molar refractivity (Wildman–Crippen MR) is 106 cm³/mol. The zero-order chi connectivity index (χ0) is 23.8. The van der Waals surface area contributed by atoms with Gasteiger partial charge in [-0.25, -0.2) is 0 Å². The normalized spacial score (nSPS) is 15.4. The van der Waals surface area contributed by atoms with Crippen LogP contribution < -0.4 is 10.6 Å². The van der Waals surface area contributed by atoms with Crippen LogP contribution in [-0.4, -0.2) is 11.6 Å². The van der Waals surface area contributed by atoms with E-state index in [-0.39, 0.29) is 11.4 Å². The number of hydrogen-bond acceptors (Lipinski definition) is 4. The molecule has 0 atom stereocenters. The van der Waals surface area contributed by atoms with Crippen LogP contribution in [-0.2, 0) is 21.9 Å². The van der Waals surface area contributed by atoms with E-state index in [0.29, 0.717) is 12.1 Å². The van der Waals surface area contributed by atoms with Gasteiger partial charge in [0, 0.05) is 11.4 Å². The molecule has 0 unspecified atom stereocenters. The Kier molecular flexibility index (Phi) is 6.30. The van der Waals surface area contributed by atoms with E-state index in [1.165, 1.54) is 12.1 Å². The lowest BCUT2D eigenvalue weighted by atomic mass is 10.0. The highest BCUT2D eigenvalue weighted by atomic mass is 35.5. The summed E-state index contributed by atoms with van der Waals surface area (Å²) < 4.78 is 77.3. The molecule has 2 N–H and O–H groups in total. The molecule has 12 heteroatoms. The van der Waals surface area contributed by atoms with Gasteiger partial charge in [0.15, 0.2) is 0 Å². The highest BCUT2D eigenvalue weighted by Gasteiger charge is 2.35. The number of halogens is 8. The van der Waals surface area contributed by atoms with Crippen molar-refractivity contribution in [2.24, 2.45) is 0 Å². The molecular formula is C20H10Cl2F6N2O2. The predicted octanol–water partition coefficient (Wildman–Crippen LogP) is 6.30. The van der Waals surface area contributed by atoms with Crippen molar-refractivity contribution in [2.45, 2.75) is 12.4 Å². The number of benzene rings is 2. The van der Waals surface area contributed by atoms with Gasteiger partial charge in [-0.3, -0.25) is 9.59 Å². The lowest BCUT2D eigenvalue weighted by Gasteiger charge is -2.21. The third-order valence-electron chi connectivity index (χ3n) is 4.21. The van der Waals surface area contributed by atoms with Crippen molar-refractivity contribution in [2.75, 3.05) is 10.6 Å². The van der Waals surface area contributed by atoms with Crippen LogP contribution in [0.25, 0.3) is 0 Å². The molecule has 0 radical (unpaired) electrons. The monoisotopic (exact) mass is 494 g/mol. The summed E-state index contributed by atoms with van der Waals surface area (Å²) in [5.41, 5.74) is -3.54. The van der Waals surface area contributed by atoms with Crippen molar-refractivity contribution in [3.8, 4) is 0 Å². The second kappa shape index (κ2) is 8.51. The molecule has 0 aromatic heterocycles. The number of ketones is 2. The average Bonchev–Trinajstić information content (AvgIpc) is 2.72. The second-order valence-electron chi connectivity index (χ2n) is 6.44. The fourth-order valence-electron chi connectivity index (χ4n) is 2.70. The molecule has 168 valence electrons. The van der Waals surface area contributed by atoms with Crippen molar-refractivity contribution in [1.29, 1.82) is 0 Å². The van der Waals surface area contributed by atoms with Crippen LogP contribution in [0.3, 0.4) is 0 Å². The van der Waals surface area contributed by atoms with Gasteiger partial charge < -0.3 is 10.6 Å². The van der Waals surface area contributed by atoms with Gasteiger partial charge in [0.25, 0.3) is 0 Å². The van der Waals surface area contributed by atoms with Gasteiger partial charge in [-0.15, -0.1) is 0 Å². The minimum Gasteiger partial charge on any atom is -0.351 e. The van der Waals surface area contributed by atoms with Crippen LogP contribution in [0.15, 0.2) is 70.0 Å². The topological polar surface area (TPSA) is 58.2 Å². The van der Waals surface area contributed by atoms with E-state index in [1.54, 1.807) is 0 Å². The molecule has 1 aliphatic carbocycles. The van der Waals surface area contributed by atoms with Gasteiger partial charge in [-0.2, -0.15) is 26.3 Å². The van der Waals surface area contributed by atoms with Gasteiger partial charge in [0.05, 0.1) is 11.1 Å². The Balaban J connectivity index is 1.90. The van der Waals surface area contributed by atoms with Gasteiger partial charge in [0.2, 0.25) is 11.6 Å². The lowest BCUT2D eigenvalue weighted by molar-refractivity contribution is -0.138. The fourth-order valence-corrected chi connectivity index (χ4v) is 3.16. The van der Waals surface area contributed by atoms with Crippen LogP contribution in [0.2, 0.25) is 0 Å². The van der Waals surface area contributed by atoms with Crippen molar-refractivity contribution in [3.05, 3.63) is 81.1 Å². The first-order valence-electron chi connectivity index (χ1n) is 8.56. The first-order valence-corrected chi connectivity index (χ1v) is 9.32. The Morgan fingerprint density at radius 2 is 0.969 bits per heavy atom. The SMILES string of the molecule is O=C1C(Cl)=C(Nc2cccc(C(F)(F)F)c2)C(=O)C(Cl)=C1Nc1cccc(C(F)(F)F)c1. The van der Waals surface area contributed by atoms with E-state index in [2.05, 4.69) is 10.6 Å². The molecule has 2 aromatic carbocycles. The largest absolute Gasteiger partial charge is 0.416 e. The Morgan fingerprint density at radius 3 is 1.28 bits per heavy atom. The molecule has 0 heterocycles. The number of nitrogens with one attached hydrogen (secondary N) is 2. The van der Waals surface area contributed by atoms with E-state index in [1.807, 2.05) is 0 Å². The molecule has 0 bridgehead atoms. The lowest BCUT2D eigenvalue weighted by Crippen LogP contribution is -2.27. The van der Waals surface area contributed by atoms with Gasteiger partial charge in [0.1, 0.15) is 21.5 Å². The summed E-state index contributed by atoms with van der Waals surface area (Å²) in [4.78, 5) is 25.2. The number of carbonyl (C=O) groups excluding carboxylic acids is 2. The van der Waals surface area contributed by atoms with Crippen molar-refractivity contribution >= 4 is 46.1 Å². The molecule has 0 aliphatic heterocycles. The first-order chi connectivity index (χ1) is 14.8. The number of carbonyl (C=O) groups is 2. The van der Waals surface area contributed by atoms with Crippen LogP contribution >= 0.6 is 23.2 Å². The van der Waals surface area contributed by atoms with Crippen LogP contribution in [0.5, 0.6) is 0 Å². The maximum absolute atomic E-state index is 12.9. The molecule has 32 heavy (non-hydrogen) atoms.